The van der Waals surface area contributed by atoms with Crippen LogP contribution in [0.1, 0.15) is 15.9 Å². The van der Waals surface area contributed by atoms with Crippen molar-refractivity contribution in [2.24, 2.45) is 0 Å². The lowest BCUT2D eigenvalue weighted by molar-refractivity contribution is 0.0680. The molecule has 1 aliphatic rings. The largest absolute Gasteiger partial charge is 0.282 e. The predicted octanol–water partition coefficient (Wildman–Crippen LogP) is 2.78. The maximum atomic E-state index is 12.2. The highest BCUT2D eigenvalue weighted by Gasteiger charge is 2.26. The minimum atomic E-state index is -0.129. The summed E-state index contributed by atoms with van der Waals surface area (Å²) in [5.74, 6) is -0.129. The molecular formula is C14H11NO2. The standard InChI is InChI=1S/C14H11NO2/c16-14(11-6-2-1-3-7-11)15-13-9-5-4-8-12(13)10-17-15/h1-9H,10H2. The lowest BCUT2D eigenvalue weighted by atomic mass is 10.1. The minimum Gasteiger partial charge on any atom is -0.266 e. The van der Waals surface area contributed by atoms with Gasteiger partial charge in [0.25, 0.3) is 5.91 Å². The number of carbonyl (C=O) groups excluding carboxylic acids is 1. The number of hydroxylamine groups is 1. The van der Waals surface area contributed by atoms with Gasteiger partial charge in [-0.05, 0) is 18.2 Å². The van der Waals surface area contributed by atoms with Gasteiger partial charge < -0.3 is 0 Å². The summed E-state index contributed by atoms with van der Waals surface area (Å²) in [7, 11) is 0. The Morgan fingerprint density at radius 2 is 1.71 bits per heavy atom. The molecule has 0 saturated heterocycles. The molecule has 3 heteroatoms. The number of para-hydroxylation sites is 1. The summed E-state index contributed by atoms with van der Waals surface area (Å²) in [6.07, 6.45) is 0. The Morgan fingerprint density at radius 3 is 2.53 bits per heavy atom. The number of carbonyl (C=O) groups is 1. The van der Waals surface area contributed by atoms with Crippen molar-refractivity contribution < 1.29 is 9.63 Å². The van der Waals surface area contributed by atoms with Crippen molar-refractivity contribution in [2.45, 2.75) is 6.61 Å². The predicted molar refractivity (Wildman–Crippen MR) is 64.5 cm³/mol. The number of benzene rings is 2. The van der Waals surface area contributed by atoms with E-state index in [0.29, 0.717) is 12.2 Å². The molecule has 0 N–H and O–H groups in total. The van der Waals surface area contributed by atoms with E-state index in [-0.39, 0.29) is 5.91 Å². The van der Waals surface area contributed by atoms with Crippen molar-refractivity contribution >= 4 is 11.6 Å². The van der Waals surface area contributed by atoms with Gasteiger partial charge in [-0.1, -0.05) is 36.4 Å². The van der Waals surface area contributed by atoms with E-state index >= 15 is 0 Å². The fraction of sp³-hybridized carbons (Fsp3) is 0.0714. The Bertz CT molecular complexity index is 551. The highest BCUT2D eigenvalue weighted by Crippen LogP contribution is 2.29. The van der Waals surface area contributed by atoms with Crippen LogP contribution in [-0.4, -0.2) is 5.91 Å². The average molecular weight is 225 g/mol. The van der Waals surface area contributed by atoms with Crippen LogP contribution in [0.4, 0.5) is 5.69 Å². The van der Waals surface area contributed by atoms with E-state index in [1.807, 2.05) is 42.5 Å². The molecule has 0 atom stereocenters. The van der Waals surface area contributed by atoms with Crippen molar-refractivity contribution in [1.29, 1.82) is 0 Å². The number of anilines is 1. The number of hydrogen-bond acceptors (Lipinski definition) is 2. The molecule has 2 aromatic rings. The molecule has 0 unspecified atom stereocenters. The number of nitrogens with zero attached hydrogens (tertiary/aromatic N) is 1. The van der Waals surface area contributed by atoms with Gasteiger partial charge in [0.1, 0.15) is 6.61 Å². The van der Waals surface area contributed by atoms with Crippen molar-refractivity contribution in [2.75, 3.05) is 5.06 Å². The second-order valence-electron chi connectivity index (χ2n) is 3.87. The molecule has 0 fully saturated rings. The molecule has 1 heterocycles. The van der Waals surface area contributed by atoms with Crippen LogP contribution in [0.2, 0.25) is 0 Å². The second-order valence-corrected chi connectivity index (χ2v) is 3.87. The zero-order chi connectivity index (χ0) is 11.7. The molecule has 3 nitrogen and oxygen atoms in total. The summed E-state index contributed by atoms with van der Waals surface area (Å²) in [5.41, 5.74) is 2.50. The van der Waals surface area contributed by atoms with Crippen molar-refractivity contribution in [3.05, 3.63) is 65.7 Å². The molecule has 84 valence electrons. The molecule has 0 radical (unpaired) electrons. The van der Waals surface area contributed by atoms with Crippen LogP contribution in [0.25, 0.3) is 0 Å². The van der Waals surface area contributed by atoms with E-state index in [2.05, 4.69) is 0 Å². The summed E-state index contributed by atoms with van der Waals surface area (Å²) in [6, 6.07) is 16.8. The second kappa shape index (κ2) is 4.03. The minimum absolute atomic E-state index is 0.129. The molecule has 1 amide bonds. The Labute approximate surface area is 99.2 Å². The smallest absolute Gasteiger partial charge is 0.266 e. The summed E-state index contributed by atoms with van der Waals surface area (Å²) in [5, 5.41) is 1.37. The highest BCUT2D eigenvalue weighted by molar-refractivity contribution is 6.05. The van der Waals surface area contributed by atoms with Crippen molar-refractivity contribution in [1.82, 2.24) is 0 Å². The first kappa shape index (κ1) is 10.1. The summed E-state index contributed by atoms with van der Waals surface area (Å²) >= 11 is 0. The van der Waals surface area contributed by atoms with Crippen LogP contribution >= 0.6 is 0 Å². The van der Waals surface area contributed by atoms with Crippen molar-refractivity contribution in [3.63, 3.8) is 0 Å². The van der Waals surface area contributed by atoms with Gasteiger partial charge in [0.15, 0.2) is 0 Å². The van der Waals surface area contributed by atoms with Gasteiger partial charge >= 0.3 is 0 Å². The lowest BCUT2D eigenvalue weighted by Crippen LogP contribution is -2.27. The quantitative estimate of drug-likeness (QED) is 0.746. The van der Waals surface area contributed by atoms with E-state index in [0.717, 1.165) is 11.3 Å². The molecule has 0 bridgehead atoms. The number of amides is 1. The Hall–Kier alpha value is -2.13. The van der Waals surface area contributed by atoms with Gasteiger partial charge in [0, 0.05) is 11.1 Å². The third-order valence-corrected chi connectivity index (χ3v) is 2.76. The van der Waals surface area contributed by atoms with E-state index in [4.69, 9.17) is 4.84 Å². The monoisotopic (exact) mass is 225 g/mol. The topological polar surface area (TPSA) is 29.5 Å². The number of hydrogen-bond donors (Lipinski definition) is 0. The third-order valence-electron chi connectivity index (χ3n) is 2.76. The first-order valence-corrected chi connectivity index (χ1v) is 5.46. The first-order valence-electron chi connectivity index (χ1n) is 5.46. The van der Waals surface area contributed by atoms with Gasteiger partial charge in [0.05, 0.1) is 5.69 Å². The maximum absolute atomic E-state index is 12.2. The molecule has 0 saturated carbocycles. The summed E-state index contributed by atoms with van der Waals surface area (Å²) in [4.78, 5) is 17.6. The average Bonchev–Trinajstić information content (AvgIpc) is 2.83. The molecule has 17 heavy (non-hydrogen) atoms. The zero-order valence-electron chi connectivity index (χ0n) is 9.17. The molecule has 0 aliphatic carbocycles. The summed E-state index contributed by atoms with van der Waals surface area (Å²) < 4.78 is 0. The van der Waals surface area contributed by atoms with Gasteiger partial charge in [0.2, 0.25) is 0 Å². The first-order chi connectivity index (χ1) is 8.36. The van der Waals surface area contributed by atoms with Gasteiger partial charge in [-0.15, -0.1) is 0 Å². The van der Waals surface area contributed by atoms with E-state index < -0.39 is 0 Å². The van der Waals surface area contributed by atoms with Crippen molar-refractivity contribution in [3.8, 4) is 0 Å². The Kier molecular flexibility index (Phi) is 2.38. The SMILES string of the molecule is O=C(c1ccccc1)N1OCc2ccccc21. The molecular weight excluding hydrogens is 214 g/mol. The van der Waals surface area contributed by atoms with Crippen LogP contribution in [0, 0.1) is 0 Å². The lowest BCUT2D eigenvalue weighted by Gasteiger charge is -2.15. The summed E-state index contributed by atoms with van der Waals surface area (Å²) in [6.45, 7) is 0.453. The van der Waals surface area contributed by atoms with Gasteiger partial charge in [-0.2, -0.15) is 5.06 Å². The molecule has 3 rings (SSSR count). The van der Waals surface area contributed by atoms with E-state index in [1.54, 1.807) is 12.1 Å². The maximum Gasteiger partial charge on any atom is 0.282 e. The van der Waals surface area contributed by atoms with Gasteiger partial charge in [-0.25, -0.2) is 0 Å². The molecule has 0 aromatic heterocycles. The van der Waals surface area contributed by atoms with Crippen LogP contribution < -0.4 is 5.06 Å². The molecule has 1 aliphatic heterocycles. The van der Waals surface area contributed by atoms with E-state index in [1.165, 1.54) is 5.06 Å². The number of fused-ring (bicyclic) bond motifs is 1. The van der Waals surface area contributed by atoms with Crippen LogP contribution in [0.5, 0.6) is 0 Å². The fourth-order valence-corrected chi connectivity index (χ4v) is 1.90. The Balaban J connectivity index is 1.95. The zero-order valence-corrected chi connectivity index (χ0v) is 9.17. The van der Waals surface area contributed by atoms with Crippen LogP contribution in [-0.2, 0) is 11.4 Å². The normalized spacial score (nSPS) is 13.5. The number of rotatable bonds is 1. The fourth-order valence-electron chi connectivity index (χ4n) is 1.90. The highest BCUT2D eigenvalue weighted by atomic mass is 16.7. The third kappa shape index (κ3) is 1.70. The van der Waals surface area contributed by atoms with Gasteiger partial charge in [-0.3, -0.25) is 9.63 Å². The molecule has 2 aromatic carbocycles. The molecule has 0 spiro atoms. The van der Waals surface area contributed by atoms with E-state index in [9.17, 15) is 4.79 Å². The van der Waals surface area contributed by atoms with Crippen LogP contribution in [0.3, 0.4) is 0 Å². The van der Waals surface area contributed by atoms with Crippen LogP contribution in [0.15, 0.2) is 54.6 Å². The Morgan fingerprint density at radius 1 is 1.00 bits per heavy atom.